The van der Waals surface area contributed by atoms with Gasteiger partial charge in [-0.3, -0.25) is 0 Å². The van der Waals surface area contributed by atoms with Gasteiger partial charge in [0.1, 0.15) is 16.3 Å². The van der Waals surface area contributed by atoms with Crippen molar-refractivity contribution in [2.45, 2.75) is 5.25 Å². The third-order valence-corrected chi connectivity index (χ3v) is 5.66. The molecule has 0 radical (unpaired) electrons. The van der Waals surface area contributed by atoms with E-state index in [-0.39, 0.29) is 10.8 Å². The average Bonchev–Trinajstić information content (AvgIpc) is 3.08. The number of carbonyl (C=O) groups is 1. The van der Waals surface area contributed by atoms with Crippen LogP contribution in [0.3, 0.4) is 0 Å². The van der Waals surface area contributed by atoms with Gasteiger partial charge in [-0.05, 0) is 23.3 Å². The number of methoxy groups -OCH3 is 2. The molecule has 1 heterocycles. The van der Waals surface area contributed by atoms with E-state index in [1.807, 2.05) is 30.3 Å². The maximum atomic E-state index is 11.6. The molecule has 2 aromatic carbocycles. The number of aromatic nitrogens is 1. The lowest BCUT2D eigenvalue weighted by atomic mass is 9.98. The number of nitrogens with zero attached hydrogens (tertiary/aromatic N) is 1. The van der Waals surface area contributed by atoms with E-state index in [9.17, 15) is 9.90 Å². The monoisotopic (exact) mass is 387 g/mol. The number of thiazole rings is 1. The topological polar surface area (TPSA) is 68.7 Å². The Labute approximate surface area is 160 Å². The summed E-state index contributed by atoms with van der Waals surface area (Å²) >= 11 is 6.25. The standard InChI is InChI=1S/C19H17NO4S2/c1-23-10-14(19(21)22)12-5-3-4-6-13(12)17(25)18-20-15-9-11(24-2)7-8-16(15)26-18/h3-10,17,25H,1-2H3,(H,21,22)/b14-10+. The first-order chi connectivity index (χ1) is 12.5. The van der Waals surface area contributed by atoms with Gasteiger partial charge in [-0.25, -0.2) is 9.78 Å². The van der Waals surface area contributed by atoms with Crippen molar-refractivity contribution in [1.29, 1.82) is 0 Å². The molecule has 7 heteroatoms. The highest BCUT2D eigenvalue weighted by atomic mass is 32.1. The molecule has 1 aromatic heterocycles. The molecule has 5 nitrogen and oxygen atoms in total. The van der Waals surface area contributed by atoms with Crippen LogP contribution >= 0.6 is 24.0 Å². The maximum absolute atomic E-state index is 11.6. The van der Waals surface area contributed by atoms with Gasteiger partial charge in [0.15, 0.2) is 0 Å². The second-order valence-corrected chi connectivity index (χ2v) is 7.03. The Morgan fingerprint density at radius 2 is 2.04 bits per heavy atom. The molecule has 0 amide bonds. The zero-order chi connectivity index (χ0) is 18.7. The fourth-order valence-corrected chi connectivity index (χ4v) is 4.02. The van der Waals surface area contributed by atoms with E-state index in [4.69, 9.17) is 22.1 Å². The van der Waals surface area contributed by atoms with Crippen molar-refractivity contribution in [3.63, 3.8) is 0 Å². The third kappa shape index (κ3) is 3.54. The van der Waals surface area contributed by atoms with Crippen molar-refractivity contribution in [2.24, 2.45) is 0 Å². The molecule has 26 heavy (non-hydrogen) atoms. The van der Waals surface area contributed by atoms with Gasteiger partial charge in [0, 0.05) is 6.07 Å². The Balaban J connectivity index is 2.07. The Morgan fingerprint density at radius 3 is 2.73 bits per heavy atom. The molecule has 1 unspecified atom stereocenters. The van der Waals surface area contributed by atoms with Gasteiger partial charge >= 0.3 is 5.97 Å². The minimum Gasteiger partial charge on any atom is -0.503 e. The van der Waals surface area contributed by atoms with Crippen LogP contribution in [-0.2, 0) is 9.53 Å². The lowest BCUT2D eigenvalue weighted by molar-refractivity contribution is -0.130. The van der Waals surface area contributed by atoms with Gasteiger partial charge in [0.25, 0.3) is 0 Å². The van der Waals surface area contributed by atoms with Crippen LogP contribution in [0, 0.1) is 0 Å². The van der Waals surface area contributed by atoms with E-state index in [1.165, 1.54) is 24.7 Å². The first-order valence-electron chi connectivity index (χ1n) is 7.73. The number of rotatable bonds is 6. The summed E-state index contributed by atoms with van der Waals surface area (Å²) in [6, 6.07) is 12.9. The number of fused-ring (bicyclic) bond motifs is 1. The highest BCUT2D eigenvalue weighted by Gasteiger charge is 2.22. The molecule has 0 aliphatic heterocycles. The third-order valence-electron chi connectivity index (χ3n) is 3.86. The van der Waals surface area contributed by atoms with Gasteiger partial charge in [0.2, 0.25) is 0 Å². The van der Waals surface area contributed by atoms with E-state index in [0.29, 0.717) is 5.56 Å². The molecule has 0 spiro atoms. The van der Waals surface area contributed by atoms with E-state index < -0.39 is 5.97 Å². The first kappa shape index (κ1) is 18.3. The molecule has 1 atom stereocenters. The Bertz CT molecular complexity index is 981. The van der Waals surface area contributed by atoms with Crippen LogP contribution in [-0.4, -0.2) is 30.3 Å². The lowest BCUT2D eigenvalue weighted by Gasteiger charge is -2.14. The molecule has 0 saturated carbocycles. The van der Waals surface area contributed by atoms with Crippen LogP contribution < -0.4 is 4.74 Å². The zero-order valence-corrected chi connectivity index (χ0v) is 15.9. The van der Waals surface area contributed by atoms with Crippen LogP contribution in [0.2, 0.25) is 0 Å². The Morgan fingerprint density at radius 1 is 1.27 bits per heavy atom. The van der Waals surface area contributed by atoms with Crippen molar-refractivity contribution in [3.05, 3.63) is 64.9 Å². The largest absolute Gasteiger partial charge is 0.503 e. The molecule has 0 bridgehead atoms. The summed E-state index contributed by atoms with van der Waals surface area (Å²) in [7, 11) is 3.03. The summed E-state index contributed by atoms with van der Waals surface area (Å²) in [5.41, 5.74) is 2.21. The van der Waals surface area contributed by atoms with Crippen molar-refractivity contribution in [2.75, 3.05) is 14.2 Å². The molecule has 3 rings (SSSR count). The molecule has 0 aliphatic carbocycles. The predicted octanol–water partition coefficient (Wildman–Crippen LogP) is 4.40. The smallest absolute Gasteiger partial charge is 0.339 e. The van der Waals surface area contributed by atoms with E-state index >= 15 is 0 Å². The summed E-state index contributed by atoms with van der Waals surface area (Å²) in [6.07, 6.45) is 1.23. The summed E-state index contributed by atoms with van der Waals surface area (Å²) in [6.45, 7) is 0. The minimum absolute atomic E-state index is 0.0740. The molecule has 3 aromatic rings. The van der Waals surface area contributed by atoms with Crippen molar-refractivity contribution < 1.29 is 19.4 Å². The van der Waals surface area contributed by atoms with Crippen LogP contribution in [0.1, 0.15) is 21.4 Å². The molecular formula is C19H17NO4S2. The summed E-state index contributed by atoms with van der Waals surface area (Å²) < 4.78 is 11.2. The van der Waals surface area contributed by atoms with Crippen molar-refractivity contribution in [1.82, 2.24) is 4.98 Å². The number of hydrogen-bond donors (Lipinski definition) is 2. The molecular weight excluding hydrogens is 370 g/mol. The highest BCUT2D eigenvalue weighted by Crippen LogP contribution is 2.38. The van der Waals surface area contributed by atoms with Gasteiger partial charge in [-0.2, -0.15) is 12.6 Å². The van der Waals surface area contributed by atoms with Gasteiger partial charge in [0.05, 0.1) is 35.9 Å². The molecule has 0 aliphatic rings. The summed E-state index contributed by atoms with van der Waals surface area (Å²) in [5, 5.41) is 9.92. The minimum atomic E-state index is -1.06. The normalized spacial score (nSPS) is 12.8. The quantitative estimate of drug-likeness (QED) is 0.373. The first-order valence-corrected chi connectivity index (χ1v) is 9.06. The van der Waals surface area contributed by atoms with E-state index in [2.05, 4.69) is 4.98 Å². The number of hydrogen-bond acceptors (Lipinski definition) is 6. The Hall–Kier alpha value is -2.51. The van der Waals surface area contributed by atoms with Gasteiger partial charge in [-0.1, -0.05) is 24.3 Å². The predicted molar refractivity (Wildman–Crippen MR) is 106 cm³/mol. The van der Waals surface area contributed by atoms with E-state index in [0.717, 1.165) is 26.5 Å². The number of benzene rings is 2. The number of aliphatic carboxylic acids is 1. The van der Waals surface area contributed by atoms with Crippen molar-refractivity contribution >= 4 is 45.7 Å². The summed E-state index contributed by atoms with van der Waals surface area (Å²) in [5.74, 6) is -0.324. The Kier molecular flexibility index (Phi) is 5.49. The van der Waals surface area contributed by atoms with Crippen LogP contribution in [0.4, 0.5) is 0 Å². The fourth-order valence-electron chi connectivity index (χ4n) is 2.63. The van der Waals surface area contributed by atoms with Crippen molar-refractivity contribution in [3.8, 4) is 5.75 Å². The molecule has 134 valence electrons. The zero-order valence-electron chi connectivity index (χ0n) is 14.2. The van der Waals surface area contributed by atoms with Crippen LogP contribution in [0.15, 0.2) is 48.7 Å². The SMILES string of the molecule is CO/C=C(/C(=O)O)c1ccccc1C(S)c1nc2cc(OC)ccc2s1. The average molecular weight is 387 g/mol. The summed E-state index contributed by atoms with van der Waals surface area (Å²) in [4.78, 5) is 16.3. The number of thiol groups is 1. The highest BCUT2D eigenvalue weighted by molar-refractivity contribution is 7.81. The van der Waals surface area contributed by atoms with Gasteiger partial charge in [-0.15, -0.1) is 11.3 Å². The molecule has 0 fully saturated rings. The van der Waals surface area contributed by atoms with Crippen LogP contribution in [0.25, 0.3) is 15.8 Å². The number of carboxylic acids is 1. The van der Waals surface area contributed by atoms with E-state index in [1.54, 1.807) is 19.2 Å². The molecule has 1 N–H and O–H groups in total. The number of carboxylic acid groups (broad SMARTS) is 1. The second kappa shape index (κ2) is 7.80. The maximum Gasteiger partial charge on any atom is 0.339 e. The molecule has 0 saturated heterocycles. The second-order valence-electron chi connectivity index (χ2n) is 5.45. The van der Waals surface area contributed by atoms with Gasteiger partial charge < -0.3 is 14.6 Å². The number of ether oxygens (including phenoxy) is 2. The fraction of sp³-hybridized carbons (Fsp3) is 0.158. The lowest BCUT2D eigenvalue weighted by Crippen LogP contribution is -2.05. The van der Waals surface area contributed by atoms with Crippen LogP contribution in [0.5, 0.6) is 5.75 Å².